The highest BCUT2D eigenvalue weighted by Gasteiger charge is 2.26. The molecule has 0 spiro atoms. The van der Waals surface area contributed by atoms with Crippen LogP contribution in [0.25, 0.3) is 0 Å². The van der Waals surface area contributed by atoms with E-state index in [0.717, 1.165) is 31.5 Å². The Labute approximate surface area is 139 Å². The zero-order valence-electron chi connectivity index (χ0n) is 15.3. The molecule has 1 aromatic rings. The molecule has 5 nitrogen and oxygen atoms in total. The normalized spacial score (nSPS) is 24.0. The number of aryl methyl sites for hydroxylation is 1. The smallest absolute Gasteiger partial charge is 0.257 e. The molecular weight excluding hydrogens is 290 g/mol. The van der Waals surface area contributed by atoms with E-state index in [1.54, 1.807) is 0 Å². The largest absolute Gasteiger partial charge is 0.360 e. The highest BCUT2D eigenvalue weighted by Crippen LogP contribution is 2.23. The van der Waals surface area contributed by atoms with Gasteiger partial charge in [0.1, 0.15) is 5.56 Å². The van der Waals surface area contributed by atoms with Crippen molar-refractivity contribution in [2.24, 2.45) is 11.8 Å². The van der Waals surface area contributed by atoms with Gasteiger partial charge in [0.05, 0.1) is 5.69 Å². The van der Waals surface area contributed by atoms with E-state index in [1.807, 2.05) is 20.8 Å². The van der Waals surface area contributed by atoms with Crippen LogP contribution in [0.5, 0.6) is 0 Å². The molecule has 3 atom stereocenters. The Morgan fingerprint density at radius 2 is 1.91 bits per heavy atom. The van der Waals surface area contributed by atoms with Gasteiger partial charge in [-0.1, -0.05) is 32.9 Å². The van der Waals surface area contributed by atoms with Crippen LogP contribution in [0.15, 0.2) is 4.52 Å². The minimum absolute atomic E-state index is 0.0712. The van der Waals surface area contributed by atoms with Crippen LogP contribution >= 0.6 is 0 Å². The number of carbonyl (C=O) groups is 1. The van der Waals surface area contributed by atoms with Crippen molar-refractivity contribution in [3.8, 4) is 0 Å². The highest BCUT2D eigenvalue weighted by molar-refractivity contribution is 5.96. The average molecular weight is 321 g/mol. The molecule has 5 heteroatoms. The molecule has 1 amide bonds. The number of nitrogens with zero attached hydrogens (tertiary/aromatic N) is 2. The van der Waals surface area contributed by atoms with Gasteiger partial charge in [0.2, 0.25) is 0 Å². The number of piperidine rings is 1. The monoisotopic (exact) mass is 321 g/mol. The highest BCUT2D eigenvalue weighted by atomic mass is 16.5. The van der Waals surface area contributed by atoms with Gasteiger partial charge in [-0.25, -0.2) is 0 Å². The molecule has 1 fully saturated rings. The molecule has 23 heavy (non-hydrogen) atoms. The molecule has 0 unspecified atom stereocenters. The maximum absolute atomic E-state index is 12.6. The van der Waals surface area contributed by atoms with Crippen LogP contribution in [0.4, 0.5) is 0 Å². The van der Waals surface area contributed by atoms with Gasteiger partial charge in [0, 0.05) is 31.6 Å². The number of hydrogen-bond acceptors (Lipinski definition) is 4. The summed E-state index contributed by atoms with van der Waals surface area (Å²) in [6.45, 7) is 15.7. The molecule has 1 N–H and O–H groups in total. The van der Waals surface area contributed by atoms with Crippen LogP contribution in [0, 0.1) is 18.8 Å². The van der Waals surface area contributed by atoms with E-state index in [-0.39, 0.29) is 17.9 Å². The van der Waals surface area contributed by atoms with Crippen molar-refractivity contribution in [1.82, 2.24) is 15.4 Å². The minimum atomic E-state index is -0.0712. The fourth-order valence-electron chi connectivity index (χ4n) is 3.73. The van der Waals surface area contributed by atoms with E-state index in [0.29, 0.717) is 17.0 Å². The molecule has 1 aromatic heterocycles. The first-order chi connectivity index (χ1) is 10.8. The van der Waals surface area contributed by atoms with Crippen molar-refractivity contribution >= 4 is 5.91 Å². The third-order valence-electron chi connectivity index (χ3n) is 4.49. The summed E-state index contributed by atoms with van der Waals surface area (Å²) in [7, 11) is 0. The molecule has 0 saturated carbocycles. The second-order valence-corrected chi connectivity index (χ2v) is 7.70. The van der Waals surface area contributed by atoms with Gasteiger partial charge in [-0.15, -0.1) is 0 Å². The van der Waals surface area contributed by atoms with E-state index in [2.05, 4.69) is 36.1 Å². The van der Waals surface area contributed by atoms with E-state index < -0.39 is 0 Å². The van der Waals surface area contributed by atoms with E-state index >= 15 is 0 Å². The molecule has 2 rings (SSSR count). The zero-order valence-corrected chi connectivity index (χ0v) is 15.3. The first-order valence-electron chi connectivity index (χ1n) is 8.77. The predicted octanol–water partition coefficient (Wildman–Crippen LogP) is 3.20. The number of nitrogens with one attached hydrogen (secondary N) is 1. The number of carbonyl (C=O) groups excluding carboxylic acids is 1. The quantitative estimate of drug-likeness (QED) is 0.905. The summed E-state index contributed by atoms with van der Waals surface area (Å²) in [5.41, 5.74) is 1.27. The second kappa shape index (κ2) is 7.47. The Kier molecular flexibility index (Phi) is 5.84. The lowest BCUT2D eigenvalue weighted by atomic mass is 9.91. The number of aromatic nitrogens is 1. The summed E-state index contributed by atoms with van der Waals surface area (Å²) in [6.07, 6.45) is 1.30. The van der Waals surface area contributed by atoms with Crippen molar-refractivity contribution in [3.05, 3.63) is 17.0 Å². The van der Waals surface area contributed by atoms with Crippen molar-refractivity contribution in [2.45, 2.75) is 59.9 Å². The maximum atomic E-state index is 12.6. The van der Waals surface area contributed by atoms with Crippen molar-refractivity contribution in [2.75, 3.05) is 19.6 Å². The maximum Gasteiger partial charge on any atom is 0.257 e. The lowest BCUT2D eigenvalue weighted by Gasteiger charge is -2.36. The molecule has 1 aliphatic heterocycles. The second-order valence-electron chi connectivity index (χ2n) is 7.70. The molecular formula is C18H31N3O2. The van der Waals surface area contributed by atoms with Crippen LogP contribution in [0.1, 0.15) is 68.8 Å². The van der Waals surface area contributed by atoms with Gasteiger partial charge < -0.3 is 14.7 Å². The topological polar surface area (TPSA) is 58.4 Å². The Morgan fingerprint density at radius 3 is 2.48 bits per heavy atom. The third kappa shape index (κ3) is 4.56. The fourth-order valence-corrected chi connectivity index (χ4v) is 3.73. The summed E-state index contributed by atoms with van der Waals surface area (Å²) >= 11 is 0. The van der Waals surface area contributed by atoms with Gasteiger partial charge in [0.25, 0.3) is 5.91 Å². The number of amides is 1. The van der Waals surface area contributed by atoms with Gasteiger partial charge in [-0.3, -0.25) is 4.79 Å². The van der Waals surface area contributed by atoms with Gasteiger partial charge in [-0.05, 0) is 32.1 Å². The van der Waals surface area contributed by atoms with Crippen LogP contribution in [-0.4, -0.2) is 41.6 Å². The molecule has 2 heterocycles. The Morgan fingerprint density at radius 1 is 1.30 bits per heavy atom. The molecule has 0 radical (unpaired) electrons. The first kappa shape index (κ1) is 18.0. The van der Waals surface area contributed by atoms with Crippen molar-refractivity contribution in [1.29, 1.82) is 0 Å². The summed E-state index contributed by atoms with van der Waals surface area (Å²) < 4.78 is 5.32. The van der Waals surface area contributed by atoms with Crippen LogP contribution in [0.3, 0.4) is 0 Å². The van der Waals surface area contributed by atoms with Gasteiger partial charge >= 0.3 is 0 Å². The number of hydrogen-bond donors (Lipinski definition) is 1. The van der Waals surface area contributed by atoms with Crippen LogP contribution in [-0.2, 0) is 0 Å². The Bertz CT molecular complexity index is 528. The van der Waals surface area contributed by atoms with E-state index in [4.69, 9.17) is 4.52 Å². The lowest BCUT2D eigenvalue weighted by Crippen LogP contribution is -2.47. The van der Waals surface area contributed by atoms with Crippen LogP contribution < -0.4 is 5.32 Å². The average Bonchev–Trinajstić information content (AvgIpc) is 2.79. The first-order valence-corrected chi connectivity index (χ1v) is 8.77. The predicted molar refractivity (Wildman–Crippen MR) is 91.6 cm³/mol. The summed E-state index contributed by atoms with van der Waals surface area (Å²) in [5.74, 6) is 2.21. The Hall–Kier alpha value is -1.36. The van der Waals surface area contributed by atoms with E-state index in [1.165, 1.54) is 6.42 Å². The summed E-state index contributed by atoms with van der Waals surface area (Å²) in [5, 5.41) is 7.07. The summed E-state index contributed by atoms with van der Waals surface area (Å²) in [6, 6.07) is 0.106. The van der Waals surface area contributed by atoms with Gasteiger partial charge in [0.15, 0.2) is 5.76 Å². The molecule has 0 bridgehead atoms. The van der Waals surface area contributed by atoms with Crippen molar-refractivity contribution in [3.63, 3.8) is 0 Å². The SMILES string of the molecule is Cc1noc(C(C)C)c1C(=O)N[C@@H](C)CN1C[C@H](C)C[C@H](C)C1. The number of likely N-dealkylation sites (tertiary alicyclic amines) is 1. The van der Waals surface area contributed by atoms with Crippen molar-refractivity contribution < 1.29 is 9.32 Å². The Balaban J connectivity index is 1.96. The molecule has 0 aliphatic carbocycles. The minimum Gasteiger partial charge on any atom is -0.360 e. The molecule has 1 aliphatic rings. The van der Waals surface area contributed by atoms with Crippen LogP contribution in [0.2, 0.25) is 0 Å². The zero-order chi connectivity index (χ0) is 17.1. The lowest BCUT2D eigenvalue weighted by molar-refractivity contribution is 0.0902. The van der Waals surface area contributed by atoms with E-state index in [9.17, 15) is 4.79 Å². The molecule has 0 aromatic carbocycles. The van der Waals surface area contributed by atoms with Gasteiger partial charge in [-0.2, -0.15) is 0 Å². The summed E-state index contributed by atoms with van der Waals surface area (Å²) in [4.78, 5) is 15.1. The molecule has 130 valence electrons. The molecule has 1 saturated heterocycles. The third-order valence-corrected chi connectivity index (χ3v) is 4.49. The standard InChI is InChI=1S/C18H31N3O2/c1-11(2)17-16(15(6)20-23-17)18(22)19-14(5)10-21-8-12(3)7-13(4)9-21/h11-14H,7-10H2,1-6H3,(H,19,22)/t12-,13+,14-/m0/s1. The number of rotatable bonds is 5. The fraction of sp³-hybridized carbons (Fsp3) is 0.778.